The van der Waals surface area contributed by atoms with E-state index < -0.39 is 0 Å². The van der Waals surface area contributed by atoms with E-state index in [1.165, 1.54) is 56.7 Å². The molecule has 2 aromatic rings. The molecule has 0 aliphatic carbocycles. The highest BCUT2D eigenvalue weighted by molar-refractivity contribution is 6.33. The number of hydrogen-bond acceptors (Lipinski definition) is 3. The molecule has 0 spiro atoms. The van der Waals surface area contributed by atoms with Crippen LogP contribution in [-0.4, -0.2) is 44.2 Å². The number of fused-ring (bicyclic) bond motifs is 1. The molecule has 2 aliphatic heterocycles. The van der Waals surface area contributed by atoms with Crippen LogP contribution in [-0.2, 0) is 0 Å². The highest BCUT2D eigenvalue weighted by Gasteiger charge is 2.24. The summed E-state index contributed by atoms with van der Waals surface area (Å²) in [6.45, 7) is 6.96. The van der Waals surface area contributed by atoms with E-state index in [1.807, 2.05) is 12.1 Å². The third-order valence-corrected chi connectivity index (χ3v) is 5.92. The first-order valence-corrected chi connectivity index (χ1v) is 10.3. The van der Waals surface area contributed by atoms with Crippen molar-refractivity contribution in [3.05, 3.63) is 53.6 Å². The maximum Gasteiger partial charge on any atom is 0.0649 e. The Labute approximate surface area is 162 Å². The Kier molecular flexibility index (Phi) is 5.66. The van der Waals surface area contributed by atoms with Gasteiger partial charge in [0.2, 0.25) is 0 Å². The van der Waals surface area contributed by atoms with Gasteiger partial charge in [0.15, 0.2) is 0 Å². The molecule has 0 N–H and O–H groups in total. The quantitative estimate of drug-likeness (QED) is 0.719. The van der Waals surface area contributed by atoms with Gasteiger partial charge in [0, 0.05) is 19.6 Å². The molecule has 138 valence electrons. The van der Waals surface area contributed by atoms with E-state index >= 15 is 0 Å². The summed E-state index contributed by atoms with van der Waals surface area (Å²) in [4.78, 5) is 7.54. The Morgan fingerprint density at radius 1 is 0.692 bits per heavy atom. The zero-order valence-corrected chi connectivity index (χ0v) is 16.2. The van der Waals surface area contributed by atoms with Gasteiger partial charge in [-0.2, -0.15) is 0 Å². The molecule has 3 nitrogen and oxygen atoms in total. The summed E-state index contributed by atoms with van der Waals surface area (Å²) in [5.74, 6) is 0. The van der Waals surface area contributed by atoms with Gasteiger partial charge in [-0.05, 0) is 63.2 Å². The predicted molar refractivity (Wildman–Crippen MR) is 112 cm³/mol. The van der Waals surface area contributed by atoms with Gasteiger partial charge in [-0.15, -0.1) is 0 Å². The van der Waals surface area contributed by atoms with Crippen LogP contribution in [0.2, 0.25) is 5.02 Å². The second-order valence-corrected chi connectivity index (χ2v) is 7.74. The fraction of sp³-hybridized carbons (Fsp3) is 0.455. The molecule has 0 unspecified atom stereocenters. The number of para-hydroxylation sites is 3. The van der Waals surface area contributed by atoms with E-state index in [4.69, 9.17) is 11.6 Å². The molecule has 2 heterocycles. The maximum absolute atomic E-state index is 6.47. The van der Waals surface area contributed by atoms with Crippen LogP contribution in [0.5, 0.6) is 0 Å². The van der Waals surface area contributed by atoms with Crippen molar-refractivity contribution in [1.82, 2.24) is 4.90 Å². The average molecular weight is 370 g/mol. The van der Waals surface area contributed by atoms with E-state index in [0.29, 0.717) is 0 Å². The largest absolute Gasteiger partial charge is 0.368 e. The Morgan fingerprint density at radius 3 is 2.15 bits per heavy atom. The summed E-state index contributed by atoms with van der Waals surface area (Å²) >= 11 is 6.47. The van der Waals surface area contributed by atoms with Crippen LogP contribution >= 0.6 is 11.6 Å². The van der Waals surface area contributed by atoms with Gasteiger partial charge in [0.1, 0.15) is 0 Å². The molecule has 0 aromatic heterocycles. The topological polar surface area (TPSA) is 9.72 Å². The van der Waals surface area contributed by atoms with Gasteiger partial charge >= 0.3 is 0 Å². The number of anilines is 3. The number of piperidine rings is 1. The van der Waals surface area contributed by atoms with Crippen LogP contribution in [0.15, 0.2) is 48.5 Å². The molecule has 1 fully saturated rings. The summed E-state index contributed by atoms with van der Waals surface area (Å²) in [5, 5.41) is 0.820. The molecular formula is C22H28ClN3. The van der Waals surface area contributed by atoms with Crippen molar-refractivity contribution in [3.63, 3.8) is 0 Å². The summed E-state index contributed by atoms with van der Waals surface area (Å²) in [6.07, 6.45) is 5.40. The zero-order valence-electron chi connectivity index (χ0n) is 15.4. The van der Waals surface area contributed by atoms with Crippen molar-refractivity contribution < 1.29 is 0 Å². The molecular weight excluding hydrogens is 342 g/mol. The Hall–Kier alpha value is -1.71. The molecule has 2 aliphatic rings. The molecule has 4 heteroatoms. The van der Waals surface area contributed by atoms with Gasteiger partial charge < -0.3 is 14.7 Å². The fourth-order valence-electron chi connectivity index (χ4n) is 4.24. The van der Waals surface area contributed by atoms with E-state index in [0.717, 1.165) is 30.3 Å². The second-order valence-electron chi connectivity index (χ2n) is 7.33. The maximum atomic E-state index is 6.47. The smallest absolute Gasteiger partial charge is 0.0649 e. The minimum absolute atomic E-state index is 0.820. The first-order valence-electron chi connectivity index (χ1n) is 9.91. The number of benzene rings is 2. The van der Waals surface area contributed by atoms with Gasteiger partial charge in [-0.25, -0.2) is 0 Å². The summed E-state index contributed by atoms with van der Waals surface area (Å²) in [5.41, 5.74) is 3.71. The first-order chi connectivity index (χ1) is 12.8. The van der Waals surface area contributed by atoms with E-state index in [9.17, 15) is 0 Å². The van der Waals surface area contributed by atoms with Crippen LogP contribution < -0.4 is 9.80 Å². The van der Waals surface area contributed by atoms with Crippen molar-refractivity contribution in [2.24, 2.45) is 0 Å². The Bertz CT molecular complexity index is 727. The lowest BCUT2D eigenvalue weighted by atomic mass is 10.1. The van der Waals surface area contributed by atoms with E-state index in [2.05, 4.69) is 51.1 Å². The van der Waals surface area contributed by atoms with Gasteiger partial charge in [-0.3, -0.25) is 0 Å². The number of likely N-dealkylation sites (tertiary alicyclic amines) is 1. The molecule has 26 heavy (non-hydrogen) atoms. The lowest BCUT2D eigenvalue weighted by Crippen LogP contribution is -2.40. The third kappa shape index (κ3) is 3.84. The van der Waals surface area contributed by atoms with Crippen molar-refractivity contribution in [2.45, 2.75) is 25.7 Å². The lowest BCUT2D eigenvalue weighted by molar-refractivity contribution is 0.227. The summed E-state index contributed by atoms with van der Waals surface area (Å²) in [7, 11) is 0. The summed E-state index contributed by atoms with van der Waals surface area (Å²) in [6, 6.07) is 16.9. The predicted octanol–water partition coefficient (Wildman–Crippen LogP) is 5.17. The minimum Gasteiger partial charge on any atom is -0.368 e. The first kappa shape index (κ1) is 17.7. The lowest BCUT2D eigenvalue weighted by Gasteiger charge is -2.39. The normalized spacial score (nSPS) is 18.0. The Balaban J connectivity index is 1.46. The molecule has 1 saturated heterocycles. The molecule has 4 rings (SSSR count). The SMILES string of the molecule is Clc1ccccc1N1CCN(CCCN2CCCCC2)c2ccccc21. The molecule has 0 bridgehead atoms. The standard InChI is InChI=1S/C22H28ClN3/c23-19-9-2-3-10-20(19)26-18-17-25(21-11-4-5-12-22(21)26)16-8-15-24-13-6-1-7-14-24/h2-5,9-12H,1,6-8,13-18H2. The zero-order chi connectivity index (χ0) is 17.8. The third-order valence-electron chi connectivity index (χ3n) is 5.60. The van der Waals surface area contributed by atoms with Crippen molar-refractivity contribution >= 4 is 28.7 Å². The Morgan fingerprint density at radius 2 is 1.38 bits per heavy atom. The van der Waals surface area contributed by atoms with Crippen molar-refractivity contribution in [3.8, 4) is 0 Å². The van der Waals surface area contributed by atoms with Gasteiger partial charge in [0.05, 0.1) is 22.1 Å². The van der Waals surface area contributed by atoms with Crippen molar-refractivity contribution in [2.75, 3.05) is 49.1 Å². The van der Waals surface area contributed by atoms with Crippen molar-refractivity contribution in [1.29, 1.82) is 0 Å². The minimum atomic E-state index is 0.820. The molecule has 0 saturated carbocycles. The van der Waals surface area contributed by atoms with Crippen LogP contribution in [0.1, 0.15) is 25.7 Å². The van der Waals surface area contributed by atoms with Crippen LogP contribution in [0.25, 0.3) is 0 Å². The molecule has 0 atom stereocenters. The molecule has 0 amide bonds. The summed E-state index contributed by atoms with van der Waals surface area (Å²) < 4.78 is 0. The van der Waals surface area contributed by atoms with Crippen LogP contribution in [0.3, 0.4) is 0 Å². The van der Waals surface area contributed by atoms with E-state index in [-0.39, 0.29) is 0 Å². The number of halogens is 1. The second kappa shape index (κ2) is 8.32. The molecule has 2 aromatic carbocycles. The van der Waals surface area contributed by atoms with Gasteiger partial charge in [-0.1, -0.05) is 42.3 Å². The highest BCUT2D eigenvalue weighted by Crippen LogP contribution is 2.40. The van der Waals surface area contributed by atoms with Gasteiger partial charge in [0.25, 0.3) is 0 Å². The number of rotatable bonds is 5. The molecule has 0 radical (unpaired) electrons. The van der Waals surface area contributed by atoms with Crippen LogP contribution in [0.4, 0.5) is 17.1 Å². The number of nitrogens with zero attached hydrogens (tertiary/aromatic N) is 3. The fourth-order valence-corrected chi connectivity index (χ4v) is 4.48. The van der Waals surface area contributed by atoms with Crippen LogP contribution in [0, 0.1) is 0 Å². The van der Waals surface area contributed by atoms with E-state index in [1.54, 1.807) is 0 Å². The number of hydrogen-bond donors (Lipinski definition) is 0. The highest BCUT2D eigenvalue weighted by atomic mass is 35.5. The monoisotopic (exact) mass is 369 g/mol. The average Bonchev–Trinajstić information content (AvgIpc) is 2.70.